The fourth-order valence-electron chi connectivity index (χ4n) is 1.24. The Kier molecular flexibility index (Phi) is 2.86. The van der Waals surface area contributed by atoms with Crippen LogP contribution in [-0.4, -0.2) is 11.1 Å². The Hall–Kier alpha value is -2.30. The second kappa shape index (κ2) is 4.48. The molecule has 1 aromatic carbocycles. The minimum atomic E-state index is -0.259. The number of nitrogen functional groups attached to an aromatic ring is 1. The van der Waals surface area contributed by atoms with E-state index in [1.807, 2.05) is 12.1 Å². The van der Waals surface area contributed by atoms with Crippen molar-refractivity contribution in [1.29, 1.82) is 0 Å². The number of hydrogen-bond acceptors (Lipinski definition) is 4. The maximum absolute atomic E-state index is 11.5. The molecule has 16 heavy (non-hydrogen) atoms. The van der Waals surface area contributed by atoms with Crippen molar-refractivity contribution < 1.29 is 9.32 Å². The lowest BCUT2D eigenvalue weighted by molar-refractivity contribution is 0.0942. The van der Waals surface area contributed by atoms with Gasteiger partial charge in [-0.15, -0.1) is 0 Å². The molecule has 1 heterocycles. The van der Waals surface area contributed by atoms with Crippen LogP contribution in [0.25, 0.3) is 0 Å². The first-order valence-electron chi connectivity index (χ1n) is 4.79. The zero-order valence-electron chi connectivity index (χ0n) is 8.51. The van der Waals surface area contributed by atoms with Crippen LogP contribution in [0, 0.1) is 0 Å². The summed E-state index contributed by atoms with van der Waals surface area (Å²) < 4.78 is 4.58. The molecule has 0 unspecified atom stereocenters. The van der Waals surface area contributed by atoms with Gasteiger partial charge in [-0.2, -0.15) is 0 Å². The van der Waals surface area contributed by atoms with E-state index in [1.165, 1.54) is 12.3 Å². The lowest BCUT2D eigenvalue weighted by Gasteiger charge is -2.03. The SMILES string of the molecule is Nc1ccc(CNC(=O)c2ccon2)cc1. The van der Waals surface area contributed by atoms with Crippen LogP contribution in [0.15, 0.2) is 41.1 Å². The highest BCUT2D eigenvalue weighted by atomic mass is 16.5. The number of nitrogens with one attached hydrogen (secondary N) is 1. The van der Waals surface area contributed by atoms with Crippen molar-refractivity contribution >= 4 is 11.6 Å². The lowest BCUT2D eigenvalue weighted by Crippen LogP contribution is -2.22. The van der Waals surface area contributed by atoms with Gasteiger partial charge in [-0.25, -0.2) is 0 Å². The normalized spacial score (nSPS) is 10.0. The van der Waals surface area contributed by atoms with E-state index in [2.05, 4.69) is 15.0 Å². The highest BCUT2D eigenvalue weighted by Gasteiger charge is 2.07. The number of hydrogen-bond donors (Lipinski definition) is 2. The Morgan fingerprint density at radius 3 is 2.69 bits per heavy atom. The van der Waals surface area contributed by atoms with Gasteiger partial charge >= 0.3 is 0 Å². The lowest BCUT2D eigenvalue weighted by atomic mass is 10.2. The molecule has 2 aromatic rings. The van der Waals surface area contributed by atoms with Crippen LogP contribution in [0.1, 0.15) is 16.1 Å². The second-order valence-corrected chi connectivity index (χ2v) is 3.31. The third kappa shape index (κ3) is 2.38. The monoisotopic (exact) mass is 217 g/mol. The van der Waals surface area contributed by atoms with Gasteiger partial charge in [-0.3, -0.25) is 4.79 Å². The van der Waals surface area contributed by atoms with Gasteiger partial charge in [-0.1, -0.05) is 17.3 Å². The first-order chi connectivity index (χ1) is 7.75. The summed E-state index contributed by atoms with van der Waals surface area (Å²) in [4.78, 5) is 11.5. The topological polar surface area (TPSA) is 81.1 Å². The average Bonchev–Trinajstić information content (AvgIpc) is 2.81. The van der Waals surface area contributed by atoms with Crippen molar-refractivity contribution in [2.75, 3.05) is 5.73 Å². The number of amides is 1. The van der Waals surface area contributed by atoms with E-state index >= 15 is 0 Å². The maximum Gasteiger partial charge on any atom is 0.273 e. The maximum atomic E-state index is 11.5. The predicted molar refractivity (Wildman–Crippen MR) is 58.5 cm³/mol. The molecule has 5 heteroatoms. The summed E-state index contributed by atoms with van der Waals surface area (Å²) in [5.41, 5.74) is 7.50. The summed E-state index contributed by atoms with van der Waals surface area (Å²) in [7, 11) is 0. The average molecular weight is 217 g/mol. The number of aromatic nitrogens is 1. The molecule has 0 fully saturated rings. The van der Waals surface area contributed by atoms with Crippen molar-refractivity contribution in [1.82, 2.24) is 10.5 Å². The smallest absolute Gasteiger partial charge is 0.273 e. The van der Waals surface area contributed by atoms with Gasteiger partial charge in [0.2, 0.25) is 0 Å². The minimum Gasteiger partial charge on any atom is -0.399 e. The van der Waals surface area contributed by atoms with Crippen LogP contribution in [0.3, 0.4) is 0 Å². The van der Waals surface area contributed by atoms with Gasteiger partial charge in [0.1, 0.15) is 6.26 Å². The Bertz CT molecular complexity index is 462. The fraction of sp³-hybridized carbons (Fsp3) is 0.0909. The first kappa shape index (κ1) is 10.2. The summed E-state index contributed by atoms with van der Waals surface area (Å²) in [6.45, 7) is 0.436. The largest absolute Gasteiger partial charge is 0.399 e. The molecule has 82 valence electrons. The second-order valence-electron chi connectivity index (χ2n) is 3.31. The molecule has 0 aliphatic rings. The first-order valence-corrected chi connectivity index (χ1v) is 4.79. The molecule has 5 nitrogen and oxygen atoms in total. The van der Waals surface area contributed by atoms with Crippen molar-refractivity contribution in [2.45, 2.75) is 6.54 Å². The van der Waals surface area contributed by atoms with E-state index in [9.17, 15) is 4.79 Å². The van der Waals surface area contributed by atoms with Crippen LogP contribution in [0.2, 0.25) is 0 Å². The highest BCUT2D eigenvalue weighted by Crippen LogP contribution is 2.05. The van der Waals surface area contributed by atoms with Gasteiger partial charge in [0.25, 0.3) is 5.91 Å². The van der Waals surface area contributed by atoms with Crippen molar-refractivity contribution in [3.8, 4) is 0 Å². The Balaban J connectivity index is 1.93. The van der Waals surface area contributed by atoms with Crippen LogP contribution >= 0.6 is 0 Å². The molecule has 1 aromatic heterocycles. The van der Waals surface area contributed by atoms with E-state index in [4.69, 9.17) is 5.73 Å². The molecule has 2 rings (SSSR count). The molecule has 0 aliphatic heterocycles. The molecule has 0 aliphatic carbocycles. The summed E-state index contributed by atoms with van der Waals surface area (Å²) in [6.07, 6.45) is 1.36. The van der Waals surface area contributed by atoms with Crippen molar-refractivity contribution in [3.05, 3.63) is 47.9 Å². The molecule has 0 saturated heterocycles. The van der Waals surface area contributed by atoms with Crippen LogP contribution in [0.5, 0.6) is 0 Å². The zero-order chi connectivity index (χ0) is 11.4. The number of nitrogens with two attached hydrogens (primary N) is 1. The summed E-state index contributed by atoms with van der Waals surface area (Å²) in [6, 6.07) is 8.81. The van der Waals surface area contributed by atoms with Crippen LogP contribution in [0.4, 0.5) is 5.69 Å². The third-order valence-corrected chi connectivity index (χ3v) is 2.10. The van der Waals surface area contributed by atoms with Crippen LogP contribution in [-0.2, 0) is 6.54 Å². The minimum absolute atomic E-state index is 0.259. The summed E-state index contributed by atoms with van der Waals surface area (Å²) >= 11 is 0. The molecule has 0 atom stereocenters. The third-order valence-electron chi connectivity index (χ3n) is 2.10. The Morgan fingerprint density at radius 2 is 2.06 bits per heavy atom. The number of anilines is 1. The molecule has 3 N–H and O–H groups in total. The fourth-order valence-corrected chi connectivity index (χ4v) is 1.24. The number of carbonyl (C=O) groups excluding carboxylic acids is 1. The molecular formula is C11H11N3O2. The van der Waals surface area contributed by atoms with Gasteiger partial charge in [-0.05, 0) is 17.7 Å². The molecule has 0 spiro atoms. The Morgan fingerprint density at radius 1 is 1.31 bits per heavy atom. The Labute approximate surface area is 92.2 Å². The van der Waals surface area contributed by atoms with Crippen LogP contribution < -0.4 is 11.1 Å². The predicted octanol–water partition coefficient (Wildman–Crippen LogP) is 1.19. The number of nitrogens with zero attached hydrogens (tertiary/aromatic N) is 1. The van der Waals surface area contributed by atoms with Gasteiger partial charge in [0.05, 0.1) is 0 Å². The zero-order valence-corrected chi connectivity index (χ0v) is 8.51. The van der Waals surface area contributed by atoms with E-state index in [0.717, 1.165) is 5.56 Å². The molecular weight excluding hydrogens is 206 g/mol. The molecule has 1 amide bonds. The number of rotatable bonds is 3. The van der Waals surface area contributed by atoms with E-state index in [-0.39, 0.29) is 11.6 Å². The molecule has 0 bridgehead atoms. The molecule has 0 radical (unpaired) electrons. The van der Waals surface area contributed by atoms with Gasteiger partial charge < -0.3 is 15.6 Å². The molecule has 0 saturated carbocycles. The number of carbonyl (C=O) groups is 1. The van der Waals surface area contributed by atoms with Crippen molar-refractivity contribution in [2.24, 2.45) is 0 Å². The standard InChI is InChI=1S/C11H11N3O2/c12-9-3-1-8(2-4-9)7-13-11(15)10-5-6-16-14-10/h1-6H,7,12H2,(H,13,15). The van der Waals surface area contributed by atoms with E-state index < -0.39 is 0 Å². The van der Waals surface area contributed by atoms with Gasteiger partial charge in [0, 0.05) is 18.3 Å². The highest BCUT2D eigenvalue weighted by molar-refractivity contribution is 5.91. The van der Waals surface area contributed by atoms with E-state index in [1.54, 1.807) is 12.1 Å². The summed E-state index contributed by atoms with van der Waals surface area (Å²) in [5, 5.41) is 6.25. The van der Waals surface area contributed by atoms with Crippen molar-refractivity contribution in [3.63, 3.8) is 0 Å². The summed E-state index contributed by atoms with van der Waals surface area (Å²) in [5.74, 6) is -0.259. The van der Waals surface area contributed by atoms with Gasteiger partial charge in [0.15, 0.2) is 5.69 Å². The van der Waals surface area contributed by atoms with E-state index in [0.29, 0.717) is 12.2 Å². The quantitative estimate of drug-likeness (QED) is 0.756. The number of benzene rings is 1.